The van der Waals surface area contributed by atoms with Gasteiger partial charge in [0.2, 0.25) is 0 Å². The zero-order valence-corrected chi connectivity index (χ0v) is 14.2. The predicted octanol–water partition coefficient (Wildman–Crippen LogP) is 3.77. The second-order valence-electron chi connectivity index (χ2n) is 6.30. The van der Waals surface area contributed by atoms with Gasteiger partial charge in [0.1, 0.15) is 5.60 Å². The minimum absolute atomic E-state index is 0.257. The molecule has 110 valence electrons. The Morgan fingerprint density at radius 2 is 1.95 bits per heavy atom. The number of anilines is 1. The molecule has 0 radical (unpaired) electrons. The maximum Gasteiger partial charge on any atom is 0.410 e. The molecule has 0 saturated carbocycles. The number of benzene rings is 1. The Morgan fingerprint density at radius 1 is 1.30 bits per heavy atom. The van der Waals surface area contributed by atoms with Crippen molar-refractivity contribution in [2.45, 2.75) is 39.5 Å². The Hall–Kier alpha value is -1.23. The zero-order valence-electron chi connectivity index (χ0n) is 12.7. The van der Waals surface area contributed by atoms with Crippen molar-refractivity contribution in [2.75, 3.05) is 19.0 Å². The van der Waals surface area contributed by atoms with Gasteiger partial charge in [-0.15, -0.1) is 0 Å². The van der Waals surface area contributed by atoms with Crippen molar-refractivity contribution in [1.82, 2.24) is 4.90 Å². The number of carbonyl (C=O) groups excluding carboxylic acids is 1. The Bertz CT molecular complexity index is 535. The number of rotatable bonds is 1. The molecule has 4 nitrogen and oxygen atoms in total. The first kappa shape index (κ1) is 15.2. The molecule has 1 aromatic carbocycles. The summed E-state index contributed by atoms with van der Waals surface area (Å²) in [5, 5.41) is 0. The molecular weight excluding hydrogens is 320 g/mol. The number of fused-ring (bicyclic) bond motifs is 1. The number of ether oxygens (including phenoxy) is 1. The summed E-state index contributed by atoms with van der Waals surface area (Å²) in [7, 11) is 4.02. The standard InChI is InChI=1S/C15H21BrN2O2/c1-15(2,3)20-14(19)18-8-10-6-11(17(4)5)7-13(16)12(10)9-18/h6-7H,8-9H2,1-5H3. The molecule has 0 unspecified atom stereocenters. The fraction of sp³-hybridized carbons (Fsp3) is 0.533. The van der Waals surface area contributed by atoms with E-state index in [2.05, 4.69) is 33.0 Å². The Labute approximate surface area is 128 Å². The number of amides is 1. The molecular formula is C15H21BrN2O2. The molecule has 5 heteroatoms. The van der Waals surface area contributed by atoms with Crippen LogP contribution in [0.25, 0.3) is 0 Å². The lowest BCUT2D eigenvalue weighted by Crippen LogP contribution is -2.33. The van der Waals surface area contributed by atoms with E-state index < -0.39 is 5.60 Å². The predicted molar refractivity (Wildman–Crippen MR) is 84.0 cm³/mol. The summed E-state index contributed by atoms with van der Waals surface area (Å²) in [6.45, 7) is 6.85. The van der Waals surface area contributed by atoms with E-state index in [4.69, 9.17) is 4.74 Å². The SMILES string of the molecule is CN(C)c1cc(Br)c2c(c1)CN(C(=O)OC(C)(C)C)C2. The molecule has 2 rings (SSSR count). The lowest BCUT2D eigenvalue weighted by atomic mass is 10.1. The van der Waals surface area contributed by atoms with Crippen LogP contribution < -0.4 is 4.90 Å². The molecule has 20 heavy (non-hydrogen) atoms. The molecule has 1 aliphatic rings. The van der Waals surface area contributed by atoms with Gasteiger partial charge in [0.05, 0.1) is 6.54 Å². The van der Waals surface area contributed by atoms with Gasteiger partial charge in [-0.05, 0) is 44.0 Å². The van der Waals surface area contributed by atoms with Crippen LogP contribution in [0, 0.1) is 0 Å². The largest absolute Gasteiger partial charge is 0.444 e. The van der Waals surface area contributed by atoms with Crippen LogP contribution in [0.15, 0.2) is 16.6 Å². The first-order valence-electron chi connectivity index (χ1n) is 6.64. The van der Waals surface area contributed by atoms with E-state index in [0.29, 0.717) is 13.1 Å². The van der Waals surface area contributed by atoms with E-state index in [9.17, 15) is 4.79 Å². The minimum atomic E-state index is -0.460. The number of carbonyl (C=O) groups is 1. The van der Waals surface area contributed by atoms with Crippen molar-refractivity contribution in [1.29, 1.82) is 0 Å². The van der Waals surface area contributed by atoms with Gasteiger partial charge in [0, 0.05) is 30.8 Å². The van der Waals surface area contributed by atoms with Crippen LogP contribution >= 0.6 is 15.9 Å². The minimum Gasteiger partial charge on any atom is -0.444 e. The fourth-order valence-electron chi connectivity index (χ4n) is 2.16. The van der Waals surface area contributed by atoms with Crippen LogP contribution in [-0.2, 0) is 17.8 Å². The summed E-state index contributed by atoms with van der Waals surface area (Å²) in [5.74, 6) is 0. The quantitative estimate of drug-likeness (QED) is 0.780. The maximum absolute atomic E-state index is 12.1. The van der Waals surface area contributed by atoms with Gasteiger partial charge < -0.3 is 9.64 Å². The highest BCUT2D eigenvalue weighted by Gasteiger charge is 2.29. The lowest BCUT2D eigenvalue weighted by Gasteiger charge is -2.24. The summed E-state index contributed by atoms with van der Waals surface area (Å²) in [5.41, 5.74) is 3.01. The number of halogens is 1. The van der Waals surface area contributed by atoms with Gasteiger partial charge in [-0.25, -0.2) is 4.79 Å². The van der Waals surface area contributed by atoms with Crippen LogP contribution in [-0.4, -0.2) is 30.7 Å². The van der Waals surface area contributed by atoms with Crippen LogP contribution in [0.3, 0.4) is 0 Å². The van der Waals surface area contributed by atoms with E-state index >= 15 is 0 Å². The van der Waals surface area contributed by atoms with E-state index in [-0.39, 0.29) is 6.09 Å². The van der Waals surface area contributed by atoms with Crippen LogP contribution in [0.1, 0.15) is 31.9 Å². The van der Waals surface area contributed by atoms with Gasteiger partial charge in [-0.1, -0.05) is 15.9 Å². The van der Waals surface area contributed by atoms with Crippen LogP contribution in [0.4, 0.5) is 10.5 Å². The molecule has 0 atom stereocenters. The number of hydrogen-bond acceptors (Lipinski definition) is 3. The van der Waals surface area contributed by atoms with Crippen molar-refractivity contribution >= 4 is 27.7 Å². The molecule has 1 heterocycles. The molecule has 1 amide bonds. The summed E-state index contributed by atoms with van der Waals surface area (Å²) in [4.78, 5) is 15.9. The molecule has 0 N–H and O–H groups in total. The fourth-order valence-corrected chi connectivity index (χ4v) is 2.78. The maximum atomic E-state index is 12.1. The normalized spacial score (nSPS) is 14.2. The Kier molecular flexibility index (Phi) is 4.00. The number of nitrogens with zero attached hydrogens (tertiary/aromatic N) is 2. The molecule has 0 bridgehead atoms. The second-order valence-corrected chi connectivity index (χ2v) is 7.15. The van der Waals surface area contributed by atoms with E-state index in [0.717, 1.165) is 10.2 Å². The topological polar surface area (TPSA) is 32.8 Å². The van der Waals surface area contributed by atoms with Crippen molar-refractivity contribution in [3.63, 3.8) is 0 Å². The van der Waals surface area contributed by atoms with Gasteiger partial charge in [0.15, 0.2) is 0 Å². The van der Waals surface area contributed by atoms with Crippen molar-refractivity contribution < 1.29 is 9.53 Å². The highest BCUT2D eigenvalue weighted by atomic mass is 79.9. The summed E-state index contributed by atoms with van der Waals surface area (Å²) < 4.78 is 6.48. The van der Waals surface area contributed by atoms with Gasteiger partial charge in [-0.3, -0.25) is 4.90 Å². The summed E-state index contributed by atoms with van der Waals surface area (Å²) in [6, 6.07) is 4.21. The van der Waals surface area contributed by atoms with Crippen LogP contribution in [0.5, 0.6) is 0 Å². The van der Waals surface area contributed by atoms with Crippen molar-refractivity contribution in [2.24, 2.45) is 0 Å². The third-order valence-electron chi connectivity index (χ3n) is 3.15. The van der Waals surface area contributed by atoms with Gasteiger partial charge in [-0.2, -0.15) is 0 Å². The third-order valence-corrected chi connectivity index (χ3v) is 3.86. The smallest absolute Gasteiger partial charge is 0.410 e. The molecule has 0 saturated heterocycles. The van der Waals surface area contributed by atoms with E-state index in [1.807, 2.05) is 34.9 Å². The summed E-state index contributed by atoms with van der Waals surface area (Å²) >= 11 is 3.60. The molecule has 1 aromatic rings. The monoisotopic (exact) mass is 340 g/mol. The zero-order chi connectivity index (χ0) is 15.1. The number of hydrogen-bond donors (Lipinski definition) is 0. The average Bonchev–Trinajstić information content (AvgIpc) is 2.70. The Morgan fingerprint density at radius 3 is 2.50 bits per heavy atom. The molecule has 1 aliphatic heterocycles. The third kappa shape index (κ3) is 3.26. The molecule has 0 spiro atoms. The van der Waals surface area contributed by atoms with E-state index in [1.54, 1.807) is 4.90 Å². The van der Waals surface area contributed by atoms with Crippen LogP contribution in [0.2, 0.25) is 0 Å². The molecule has 0 fully saturated rings. The average molecular weight is 341 g/mol. The van der Waals surface area contributed by atoms with Crippen molar-refractivity contribution in [3.05, 3.63) is 27.7 Å². The Balaban J connectivity index is 2.19. The second kappa shape index (κ2) is 5.28. The first-order valence-corrected chi connectivity index (χ1v) is 7.43. The van der Waals surface area contributed by atoms with Gasteiger partial charge in [0.25, 0.3) is 0 Å². The van der Waals surface area contributed by atoms with Gasteiger partial charge >= 0.3 is 6.09 Å². The summed E-state index contributed by atoms with van der Waals surface area (Å²) in [6.07, 6.45) is -0.257. The highest BCUT2D eigenvalue weighted by molar-refractivity contribution is 9.10. The van der Waals surface area contributed by atoms with Crippen molar-refractivity contribution in [3.8, 4) is 0 Å². The van der Waals surface area contributed by atoms with E-state index in [1.165, 1.54) is 11.1 Å². The molecule has 0 aromatic heterocycles. The highest BCUT2D eigenvalue weighted by Crippen LogP contribution is 2.34. The first-order chi connectivity index (χ1) is 9.17. The molecule has 0 aliphatic carbocycles. The lowest BCUT2D eigenvalue weighted by molar-refractivity contribution is 0.0241.